The van der Waals surface area contributed by atoms with Crippen LogP contribution in [0.4, 0.5) is 4.79 Å². The van der Waals surface area contributed by atoms with Crippen LogP contribution in [0.5, 0.6) is 0 Å². The van der Waals surface area contributed by atoms with E-state index in [4.69, 9.17) is 4.74 Å². The Morgan fingerprint density at radius 3 is 2.57 bits per heavy atom. The molecule has 4 fully saturated rings. The summed E-state index contributed by atoms with van der Waals surface area (Å²) < 4.78 is 5.15. The molecule has 0 aliphatic heterocycles. The number of allylic oxidation sites excluding steroid dienone is 1. The lowest BCUT2D eigenvalue weighted by Crippen LogP contribution is -2.56. The number of hydrogen-bond donors (Lipinski definition) is 3. The smallest absolute Gasteiger partial charge is 0.321 e. The Morgan fingerprint density at radius 1 is 1.13 bits per heavy atom. The van der Waals surface area contributed by atoms with Gasteiger partial charge in [-0.3, -0.25) is 14.9 Å². The first-order valence-corrected chi connectivity index (χ1v) is 11.5. The van der Waals surface area contributed by atoms with E-state index in [1.807, 2.05) is 0 Å². The van der Waals surface area contributed by atoms with Crippen LogP contribution in [0.2, 0.25) is 0 Å². The van der Waals surface area contributed by atoms with E-state index in [1.54, 1.807) is 0 Å². The first-order valence-electron chi connectivity index (χ1n) is 11.5. The molecule has 0 radical (unpaired) electrons. The van der Waals surface area contributed by atoms with E-state index in [9.17, 15) is 19.5 Å². The number of carbonyl (C=O) groups is 3. The molecule has 0 saturated heterocycles. The summed E-state index contributed by atoms with van der Waals surface area (Å²) in [6.07, 6.45) is 13.4. The zero-order chi connectivity index (χ0) is 21.2. The maximum atomic E-state index is 12.4. The fraction of sp³-hybridized carbons (Fsp3) is 0.783. The number of carbonyl (C=O) groups excluding carboxylic acids is 3. The molecule has 3 N–H and O–H groups in total. The Morgan fingerprint density at radius 2 is 1.90 bits per heavy atom. The van der Waals surface area contributed by atoms with Crippen LogP contribution >= 0.6 is 0 Å². The highest BCUT2D eigenvalue weighted by atomic mass is 16.5. The molecule has 5 aliphatic rings. The van der Waals surface area contributed by atoms with Gasteiger partial charge in [-0.1, -0.05) is 11.6 Å². The Balaban J connectivity index is 1.15. The van der Waals surface area contributed by atoms with Crippen molar-refractivity contribution in [3.8, 4) is 0 Å². The van der Waals surface area contributed by atoms with Crippen molar-refractivity contribution < 1.29 is 24.2 Å². The fourth-order valence-electron chi connectivity index (χ4n) is 6.79. The number of amides is 3. The van der Waals surface area contributed by atoms with Crippen LogP contribution in [-0.4, -0.2) is 41.8 Å². The van der Waals surface area contributed by atoms with Crippen molar-refractivity contribution >= 4 is 17.9 Å². The molecule has 7 nitrogen and oxygen atoms in total. The normalized spacial score (nSPS) is 34.2. The van der Waals surface area contributed by atoms with Crippen LogP contribution in [-0.2, 0) is 14.3 Å². The third-order valence-corrected chi connectivity index (χ3v) is 7.40. The topological polar surface area (TPSA) is 105 Å². The molecule has 30 heavy (non-hydrogen) atoms. The van der Waals surface area contributed by atoms with Crippen molar-refractivity contribution in [1.82, 2.24) is 10.6 Å². The van der Waals surface area contributed by atoms with Crippen molar-refractivity contribution in [2.75, 3.05) is 13.2 Å². The highest BCUT2D eigenvalue weighted by Crippen LogP contribution is 2.62. The largest absolute Gasteiger partial charge is 0.456 e. The maximum Gasteiger partial charge on any atom is 0.321 e. The van der Waals surface area contributed by atoms with Crippen molar-refractivity contribution in [2.24, 2.45) is 17.3 Å². The van der Waals surface area contributed by atoms with Crippen LogP contribution in [0.25, 0.3) is 0 Å². The number of imide groups is 1. The maximum absolute atomic E-state index is 12.4. The molecule has 4 atom stereocenters. The first kappa shape index (κ1) is 21.3. The minimum absolute atomic E-state index is 0.183. The van der Waals surface area contributed by atoms with E-state index in [0.717, 1.165) is 51.4 Å². The Labute approximate surface area is 178 Å². The van der Waals surface area contributed by atoms with E-state index in [2.05, 4.69) is 16.7 Å². The number of hydrogen-bond acceptors (Lipinski definition) is 5. The van der Waals surface area contributed by atoms with Crippen LogP contribution in [0.3, 0.4) is 0 Å². The molecule has 0 heterocycles. The summed E-state index contributed by atoms with van der Waals surface area (Å²) >= 11 is 0. The highest BCUT2D eigenvalue weighted by Gasteiger charge is 2.57. The third kappa shape index (κ3) is 5.23. The number of urea groups is 1. The Kier molecular flexibility index (Phi) is 6.19. The Hall–Kier alpha value is -1.89. The average Bonchev–Trinajstić information content (AvgIpc) is 2.65. The lowest BCUT2D eigenvalue weighted by Gasteiger charge is -2.60. The molecule has 2 unspecified atom stereocenters. The Bertz CT molecular complexity index is 717. The number of ether oxygens (including phenoxy) is 1. The number of aliphatic hydroxyl groups is 1. The van der Waals surface area contributed by atoms with Crippen molar-refractivity contribution in [1.29, 1.82) is 0 Å². The van der Waals surface area contributed by atoms with E-state index < -0.39 is 30.1 Å². The minimum Gasteiger partial charge on any atom is -0.456 e. The highest BCUT2D eigenvalue weighted by molar-refractivity contribution is 5.95. The van der Waals surface area contributed by atoms with Gasteiger partial charge in [0, 0.05) is 6.54 Å². The summed E-state index contributed by atoms with van der Waals surface area (Å²) in [7, 11) is 0. The van der Waals surface area contributed by atoms with Crippen molar-refractivity contribution in [3.05, 3.63) is 11.6 Å². The second-order valence-electron chi connectivity index (χ2n) is 10.2. The van der Waals surface area contributed by atoms with Crippen molar-refractivity contribution in [3.63, 3.8) is 0 Å². The molecule has 4 saturated carbocycles. The summed E-state index contributed by atoms with van der Waals surface area (Å²) in [6, 6.07) is -0.559. The zero-order valence-electron chi connectivity index (χ0n) is 17.7. The van der Waals surface area contributed by atoms with Gasteiger partial charge in [-0.25, -0.2) is 4.79 Å². The van der Waals surface area contributed by atoms with Gasteiger partial charge < -0.3 is 15.2 Å². The minimum atomic E-state index is -0.623. The predicted octanol–water partition coefficient (Wildman–Crippen LogP) is 2.97. The monoisotopic (exact) mass is 418 g/mol. The lowest BCUT2D eigenvalue weighted by atomic mass is 9.47. The van der Waals surface area contributed by atoms with Gasteiger partial charge in [0.25, 0.3) is 5.91 Å². The molecule has 0 aromatic carbocycles. The van der Waals surface area contributed by atoms with Crippen molar-refractivity contribution in [2.45, 2.75) is 82.7 Å². The summed E-state index contributed by atoms with van der Waals surface area (Å²) in [5.41, 5.74) is 0.557. The second kappa shape index (κ2) is 8.69. The fourth-order valence-corrected chi connectivity index (χ4v) is 6.79. The molecular weight excluding hydrogens is 384 g/mol. The van der Waals surface area contributed by atoms with Gasteiger partial charge in [0.05, 0.1) is 12.0 Å². The van der Waals surface area contributed by atoms with Crippen LogP contribution in [0, 0.1) is 17.3 Å². The summed E-state index contributed by atoms with van der Waals surface area (Å²) in [5, 5.41) is 15.7. The van der Waals surface area contributed by atoms with Crippen LogP contribution in [0.15, 0.2) is 11.6 Å². The quantitative estimate of drug-likeness (QED) is 0.435. The molecule has 166 valence electrons. The van der Waals surface area contributed by atoms with E-state index in [1.165, 1.54) is 18.4 Å². The molecule has 5 aliphatic carbocycles. The van der Waals surface area contributed by atoms with Crippen LogP contribution in [0.1, 0.15) is 77.0 Å². The molecule has 0 spiro atoms. The summed E-state index contributed by atoms with van der Waals surface area (Å²) in [4.78, 5) is 36.2. The summed E-state index contributed by atoms with van der Waals surface area (Å²) in [6.45, 7) is 0.0309. The second-order valence-corrected chi connectivity index (χ2v) is 10.2. The SMILES string of the molecule is O=C(COC(=O)CC12C[C@@H]3C[C@@H](CC(O)(C3)C1)C2)NC(=O)NCCC1=CCCCC1. The first-order chi connectivity index (χ1) is 14.3. The molecule has 3 amide bonds. The van der Waals surface area contributed by atoms with Gasteiger partial charge in [-0.05, 0) is 87.9 Å². The zero-order valence-corrected chi connectivity index (χ0v) is 17.7. The third-order valence-electron chi connectivity index (χ3n) is 7.40. The standard InChI is InChI=1S/C23H34N2O5/c26-19(25-21(28)24-7-6-16-4-2-1-3-5-16)14-30-20(27)13-22-9-17-8-18(10-22)12-23(29,11-17)15-22/h4,17-18,29H,1-3,5-15H2,(H2,24,25,26,28)/t17-,18+,22?,23?. The summed E-state index contributed by atoms with van der Waals surface area (Å²) in [5.74, 6) is -0.0388. The predicted molar refractivity (Wildman–Crippen MR) is 110 cm³/mol. The van der Waals surface area contributed by atoms with Gasteiger partial charge in [0.1, 0.15) is 0 Å². The molecule has 0 aromatic heterocycles. The van der Waals surface area contributed by atoms with E-state index in [0.29, 0.717) is 24.8 Å². The van der Waals surface area contributed by atoms with Gasteiger partial charge in [0.2, 0.25) is 0 Å². The van der Waals surface area contributed by atoms with Gasteiger partial charge in [-0.15, -0.1) is 0 Å². The van der Waals surface area contributed by atoms with Crippen LogP contribution < -0.4 is 10.6 Å². The number of rotatable bonds is 7. The molecule has 5 rings (SSSR count). The van der Waals surface area contributed by atoms with E-state index >= 15 is 0 Å². The molecular formula is C23H34N2O5. The number of nitrogens with one attached hydrogen (secondary N) is 2. The van der Waals surface area contributed by atoms with Gasteiger partial charge in [-0.2, -0.15) is 0 Å². The molecule has 7 heteroatoms. The van der Waals surface area contributed by atoms with Gasteiger partial charge >= 0.3 is 12.0 Å². The number of esters is 1. The average molecular weight is 419 g/mol. The van der Waals surface area contributed by atoms with Gasteiger partial charge in [0.15, 0.2) is 6.61 Å². The van der Waals surface area contributed by atoms with E-state index in [-0.39, 0.29) is 11.8 Å². The molecule has 4 bridgehead atoms. The lowest BCUT2D eigenvalue weighted by molar-refractivity contribution is -0.177. The molecule has 0 aromatic rings.